The van der Waals surface area contributed by atoms with Crippen molar-refractivity contribution < 1.29 is 22.7 Å². The second kappa shape index (κ2) is 8.08. The van der Waals surface area contributed by atoms with Crippen LogP contribution in [-0.4, -0.2) is 38.2 Å². The number of aryl methyl sites for hydroxylation is 1. The van der Waals surface area contributed by atoms with E-state index in [4.69, 9.17) is 4.74 Å². The van der Waals surface area contributed by atoms with E-state index in [2.05, 4.69) is 5.32 Å². The third-order valence-electron chi connectivity index (χ3n) is 4.69. The van der Waals surface area contributed by atoms with Crippen LogP contribution in [0, 0.1) is 0 Å². The van der Waals surface area contributed by atoms with Gasteiger partial charge in [-0.25, -0.2) is 12.7 Å². The van der Waals surface area contributed by atoms with Crippen LogP contribution in [0.15, 0.2) is 54.1 Å². The summed E-state index contributed by atoms with van der Waals surface area (Å²) in [5.74, 6) is -0.716. The van der Waals surface area contributed by atoms with Gasteiger partial charge >= 0.3 is 0 Å². The van der Waals surface area contributed by atoms with Crippen LogP contribution in [0.3, 0.4) is 0 Å². The molecule has 2 amide bonds. The third-order valence-corrected chi connectivity index (χ3v) is 6.63. The normalized spacial score (nSPS) is 15.6. The van der Waals surface area contributed by atoms with Crippen LogP contribution in [0.5, 0.6) is 5.75 Å². The maximum atomic E-state index is 13.0. The van der Waals surface area contributed by atoms with Gasteiger partial charge in [-0.15, -0.1) is 0 Å². The molecule has 0 spiro atoms. The molecule has 0 unspecified atom stereocenters. The lowest BCUT2D eigenvalue weighted by molar-refractivity contribution is -0.126. The largest absolute Gasteiger partial charge is 0.497 e. The SMILES string of the molecule is CCc1cccc(NC(=O)CN2C(=O)C(C)=C(c3ccc(OC)cc3)S2(=O)=O)c1. The van der Waals surface area contributed by atoms with Crippen LogP contribution in [0.1, 0.15) is 25.0 Å². The molecule has 2 aromatic carbocycles. The van der Waals surface area contributed by atoms with Gasteiger partial charge in [0.1, 0.15) is 17.2 Å². The predicted octanol–water partition coefficient (Wildman–Crippen LogP) is 2.80. The first-order valence-electron chi connectivity index (χ1n) is 9.09. The molecule has 0 bridgehead atoms. The van der Waals surface area contributed by atoms with Crippen molar-refractivity contribution in [2.45, 2.75) is 20.3 Å². The number of benzene rings is 2. The zero-order valence-corrected chi connectivity index (χ0v) is 17.2. The topological polar surface area (TPSA) is 92.8 Å². The van der Waals surface area contributed by atoms with Crippen molar-refractivity contribution in [3.63, 3.8) is 0 Å². The molecule has 0 fully saturated rings. The smallest absolute Gasteiger partial charge is 0.268 e. The minimum absolute atomic E-state index is 0.0796. The van der Waals surface area contributed by atoms with Gasteiger partial charge in [0, 0.05) is 11.3 Å². The highest BCUT2D eigenvalue weighted by Crippen LogP contribution is 2.35. The molecule has 29 heavy (non-hydrogen) atoms. The lowest BCUT2D eigenvalue weighted by Crippen LogP contribution is -2.38. The molecule has 152 valence electrons. The second-order valence-electron chi connectivity index (χ2n) is 6.60. The monoisotopic (exact) mass is 414 g/mol. The van der Waals surface area contributed by atoms with Gasteiger partial charge in [-0.2, -0.15) is 0 Å². The van der Waals surface area contributed by atoms with Crippen molar-refractivity contribution in [3.8, 4) is 5.75 Å². The number of carbonyl (C=O) groups excluding carboxylic acids is 2. The van der Waals surface area contributed by atoms with Gasteiger partial charge in [0.15, 0.2) is 0 Å². The maximum absolute atomic E-state index is 13.0. The van der Waals surface area contributed by atoms with Gasteiger partial charge in [-0.3, -0.25) is 9.59 Å². The van der Waals surface area contributed by atoms with Gasteiger partial charge in [0.05, 0.1) is 7.11 Å². The molecule has 1 N–H and O–H groups in total. The number of nitrogens with one attached hydrogen (secondary N) is 1. The third kappa shape index (κ3) is 4.02. The van der Waals surface area contributed by atoms with Crippen molar-refractivity contribution in [2.24, 2.45) is 0 Å². The van der Waals surface area contributed by atoms with E-state index in [-0.39, 0.29) is 10.5 Å². The maximum Gasteiger partial charge on any atom is 0.268 e. The average Bonchev–Trinajstić information content (AvgIpc) is 2.87. The Balaban J connectivity index is 1.82. The summed E-state index contributed by atoms with van der Waals surface area (Å²) in [5.41, 5.74) is 2.04. The molecule has 7 nitrogen and oxygen atoms in total. The first-order valence-corrected chi connectivity index (χ1v) is 10.5. The number of anilines is 1. The van der Waals surface area contributed by atoms with Crippen molar-refractivity contribution in [2.75, 3.05) is 19.0 Å². The van der Waals surface area contributed by atoms with Gasteiger partial charge in [-0.1, -0.05) is 19.1 Å². The van der Waals surface area contributed by atoms with Crippen LogP contribution in [-0.2, 0) is 26.0 Å². The summed E-state index contributed by atoms with van der Waals surface area (Å²) in [6.45, 7) is 2.85. The fourth-order valence-corrected chi connectivity index (χ4v) is 4.93. The summed E-state index contributed by atoms with van der Waals surface area (Å²) in [7, 11) is -2.63. The van der Waals surface area contributed by atoms with E-state index in [1.807, 2.05) is 19.1 Å². The number of hydrogen-bond donors (Lipinski definition) is 1. The van der Waals surface area contributed by atoms with Crippen molar-refractivity contribution in [1.82, 2.24) is 4.31 Å². The molecule has 8 heteroatoms. The Morgan fingerprint density at radius 1 is 1.14 bits per heavy atom. The van der Waals surface area contributed by atoms with E-state index < -0.39 is 28.4 Å². The molecule has 0 atom stereocenters. The molecule has 2 aromatic rings. The van der Waals surface area contributed by atoms with E-state index in [1.54, 1.807) is 36.4 Å². The summed E-state index contributed by atoms with van der Waals surface area (Å²) < 4.78 is 31.7. The molecule has 1 aliphatic heterocycles. The van der Waals surface area contributed by atoms with Crippen LogP contribution >= 0.6 is 0 Å². The van der Waals surface area contributed by atoms with Gasteiger partial charge in [0.25, 0.3) is 15.9 Å². The number of amides is 2. The summed E-state index contributed by atoms with van der Waals surface area (Å²) in [4.78, 5) is 24.9. The molecule has 0 radical (unpaired) electrons. The minimum Gasteiger partial charge on any atom is -0.497 e. The zero-order valence-electron chi connectivity index (χ0n) is 16.4. The molecular weight excluding hydrogens is 392 g/mol. The Hall–Kier alpha value is -3.13. The first-order chi connectivity index (χ1) is 13.8. The van der Waals surface area contributed by atoms with Crippen molar-refractivity contribution in [3.05, 3.63) is 65.2 Å². The van der Waals surface area contributed by atoms with E-state index in [0.717, 1.165) is 12.0 Å². The molecule has 1 heterocycles. The van der Waals surface area contributed by atoms with Crippen molar-refractivity contribution in [1.29, 1.82) is 0 Å². The van der Waals surface area contributed by atoms with E-state index in [9.17, 15) is 18.0 Å². The highest BCUT2D eigenvalue weighted by molar-refractivity contribution is 7.99. The Labute approximate surface area is 170 Å². The molecular formula is C21H22N2O5S. The number of rotatable bonds is 6. The molecule has 0 saturated heterocycles. The van der Waals surface area contributed by atoms with Gasteiger partial charge < -0.3 is 10.1 Å². The number of nitrogens with zero attached hydrogens (tertiary/aromatic N) is 1. The van der Waals surface area contributed by atoms with E-state index in [1.165, 1.54) is 14.0 Å². The summed E-state index contributed by atoms with van der Waals surface area (Å²) in [6, 6.07) is 13.6. The fourth-order valence-electron chi connectivity index (χ4n) is 3.16. The summed E-state index contributed by atoms with van der Waals surface area (Å²) >= 11 is 0. The average molecular weight is 414 g/mol. The first kappa shape index (κ1) is 20.6. The molecule has 1 aliphatic rings. The Kier molecular flexibility index (Phi) is 5.74. The van der Waals surface area contributed by atoms with Crippen LogP contribution in [0.4, 0.5) is 5.69 Å². The quantitative estimate of drug-likeness (QED) is 0.785. The Morgan fingerprint density at radius 2 is 1.83 bits per heavy atom. The van der Waals surface area contributed by atoms with Gasteiger partial charge in [0.2, 0.25) is 5.91 Å². The van der Waals surface area contributed by atoms with Crippen LogP contribution in [0.25, 0.3) is 4.91 Å². The minimum atomic E-state index is -4.14. The molecule has 3 rings (SSSR count). The number of carbonyl (C=O) groups is 2. The van der Waals surface area contributed by atoms with Crippen molar-refractivity contribution >= 4 is 32.4 Å². The van der Waals surface area contributed by atoms with Gasteiger partial charge in [-0.05, 0) is 60.9 Å². The highest BCUT2D eigenvalue weighted by Gasteiger charge is 2.43. The number of methoxy groups -OCH3 is 1. The second-order valence-corrected chi connectivity index (χ2v) is 8.40. The predicted molar refractivity (Wildman–Crippen MR) is 111 cm³/mol. The highest BCUT2D eigenvalue weighted by atomic mass is 32.2. The zero-order chi connectivity index (χ0) is 21.2. The Bertz CT molecular complexity index is 1090. The number of sulfonamides is 1. The standard InChI is InChI=1S/C21H22N2O5S/c1-4-15-6-5-7-17(12-15)22-19(24)13-23-21(25)14(2)20(29(23,26)27)16-8-10-18(28-3)11-9-16/h5-12H,4,13H2,1-3H3,(H,22,24). The molecule has 0 saturated carbocycles. The molecule has 0 aromatic heterocycles. The van der Waals surface area contributed by atoms with Crippen LogP contribution < -0.4 is 10.1 Å². The molecule has 0 aliphatic carbocycles. The van der Waals surface area contributed by atoms with E-state index >= 15 is 0 Å². The summed E-state index contributed by atoms with van der Waals surface area (Å²) in [5, 5.41) is 2.65. The van der Waals surface area contributed by atoms with Crippen LogP contribution in [0.2, 0.25) is 0 Å². The Morgan fingerprint density at radius 3 is 2.45 bits per heavy atom. The van der Waals surface area contributed by atoms with E-state index in [0.29, 0.717) is 21.3 Å². The number of hydrogen-bond acceptors (Lipinski definition) is 5. The fraction of sp³-hybridized carbons (Fsp3) is 0.238. The lowest BCUT2D eigenvalue weighted by Gasteiger charge is -2.16. The number of ether oxygens (including phenoxy) is 1. The summed E-state index contributed by atoms with van der Waals surface area (Å²) in [6.07, 6.45) is 0.803. The lowest BCUT2D eigenvalue weighted by atomic mass is 10.1.